The zero-order valence-electron chi connectivity index (χ0n) is 8.43. The Labute approximate surface area is 86.8 Å². The summed E-state index contributed by atoms with van der Waals surface area (Å²) in [5, 5.41) is 12.2. The van der Waals surface area contributed by atoms with Gasteiger partial charge in [-0.25, -0.2) is 8.78 Å². The number of carboxylic acid groups (broad SMARTS) is 1. The molecule has 0 aromatic carbocycles. The van der Waals surface area contributed by atoms with Crippen LogP contribution in [0, 0.1) is 11.3 Å². The summed E-state index contributed by atoms with van der Waals surface area (Å²) in [6.07, 6.45) is 0.449. The van der Waals surface area contributed by atoms with Crippen LogP contribution in [0.2, 0.25) is 0 Å². The minimum Gasteiger partial charge on any atom is -0.481 e. The second kappa shape index (κ2) is 3.40. The van der Waals surface area contributed by atoms with Gasteiger partial charge in [-0.3, -0.25) is 4.79 Å². The molecule has 0 aromatic rings. The molecule has 86 valence electrons. The van der Waals surface area contributed by atoms with Crippen LogP contribution in [-0.2, 0) is 4.79 Å². The minimum atomic E-state index is -2.76. The molecule has 15 heavy (non-hydrogen) atoms. The van der Waals surface area contributed by atoms with E-state index in [4.69, 9.17) is 5.11 Å². The van der Waals surface area contributed by atoms with Crippen molar-refractivity contribution >= 4 is 5.97 Å². The fourth-order valence-electron chi connectivity index (χ4n) is 2.86. The summed E-state index contributed by atoms with van der Waals surface area (Å²) >= 11 is 0. The van der Waals surface area contributed by atoms with E-state index in [2.05, 4.69) is 5.32 Å². The molecule has 2 fully saturated rings. The van der Waals surface area contributed by atoms with Gasteiger partial charge in [0.15, 0.2) is 0 Å². The molecule has 2 rings (SSSR count). The lowest BCUT2D eigenvalue weighted by atomic mass is 9.57. The Balaban J connectivity index is 2.10. The van der Waals surface area contributed by atoms with Gasteiger partial charge in [0.25, 0.3) is 0 Å². The summed E-state index contributed by atoms with van der Waals surface area (Å²) in [6.45, 7) is 1.48. The van der Waals surface area contributed by atoms with Crippen molar-refractivity contribution in [1.29, 1.82) is 0 Å². The maximum atomic E-state index is 12.9. The number of carbonyl (C=O) groups is 1. The van der Waals surface area contributed by atoms with Gasteiger partial charge in [-0.1, -0.05) is 0 Å². The zero-order valence-corrected chi connectivity index (χ0v) is 8.43. The van der Waals surface area contributed by atoms with Gasteiger partial charge in [-0.2, -0.15) is 0 Å². The van der Waals surface area contributed by atoms with Crippen LogP contribution in [0.25, 0.3) is 0 Å². The average Bonchev–Trinajstić information content (AvgIpc) is 2.14. The summed E-state index contributed by atoms with van der Waals surface area (Å²) in [6, 6.07) is 0. The molecule has 0 unspecified atom stereocenters. The van der Waals surface area contributed by atoms with Gasteiger partial charge in [0, 0.05) is 12.8 Å². The highest BCUT2D eigenvalue weighted by molar-refractivity contribution is 5.77. The molecular formula is C10H15F2NO2. The number of halogens is 2. The molecule has 5 heteroatoms. The highest BCUT2D eigenvalue weighted by Crippen LogP contribution is 2.58. The molecule has 0 aromatic heterocycles. The Morgan fingerprint density at radius 1 is 1.27 bits per heavy atom. The van der Waals surface area contributed by atoms with E-state index < -0.39 is 30.1 Å². The van der Waals surface area contributed by atoms with Gasteiger partial charge >= 0.3 is 5.97 Å². The first-order chi connectivity index (χ1) is 6.96. The van der Waals surface area contributed by atoms with E-state index in [0.717, 1.165) is 13.1 Å². The van der Waals surface area contributed by atoms with E-state index in [1.807, 2.05) is 0 Å². The van der Waals surface area contributed by atoms with Crippen molar-refractivity contribution in [3.63, 3.8) is 0 Å². The van der Waals surface area contributed by atoms with Crippen molar-refractivity contribution in [3.05, 3.63) is 0 Å². The largest absolute Gasteiger partial charge is 0.481 e. The van der Waals surface area contributed by atoms with Gasteiger partial charge in [-0.15, -0.1) is 0 Å². The summed E-state index contributed by atoms with van der Waals surface area (Å²) < 4.78 is 25.7. The predicted octanol–water partition coefficient (Wildman–Crippen LogP) is 1.49. The molecule has 1 aliphatic heterocycles. The lowest BCUT2D eigenvalue weighted by Gasteiger charge is -2.49. The van der Waals surface area contributed by atoms with E-state index in [1.54, 1.807) is 0 Å². The van der Waals surface area contributed by atoms with Crippen LogP contribution in [-0.4, -0.2) is 30.1 Å². The number of piperidine rings is 1. The van der Waals surface area contributed by atoms with Gasteiger partial charge in [0.2, 0.25) is 5.92 Å². The maximum absolute atomic E-state index is 12.9. The summed E-state index contributed by atoms with van der Waals surface area (Å²) in [4.78, 5) is 11.1. The monoisotopic (exact) mass is 219 g/mol. The SMILES string of the molecule is O=C(O)C1(C2CCNCC2)CC(F)(F)C1. The number of rotatable bonds is 2. The molecule has 3 nitrogen and oxygen atoms in total. The standard InChI is InChI=1S/C10H15F2NO2/c11-10(12)5-9(6-10,8(14)15)7-1-3-13-4-2-7/h7,13H,1-6H2,(H,14,15). The fourth-order valence-corrected chi connectivity index (χ4v) is 2.86. The number of hydrogen-bond donors (Lipinski definition) is 2. The third-order valence-electron chi connectivity index (χ3n) is 3.69. The van der Waals surface area contributed by atoms with Gasteiger partial charge in [-0.05, 0) is 31.8 Å². The highest BCUT2D eigenvalue weighted by Gasteiger charge is 2.64. The highest BCUT2D eigenvalue weighted by atomic mass is 19.3. The van der Waals surface area contributed by atoms with Gasteiger partial charge in [0.1, 0.15) is 0 Å². The number of carboxylic acids is 1. The number of hydrogen-bond acceptors (Lipinski definition) is 2. The first-order valence-electron chi connectivity index (χ1n) is 5.28. The van der Waals surface area contributed by atoms with Crippen molar-refractivity contribution in [3.8, 4) is 0 Å². The predicted molar refractivity (Wildman–Crippen MR) is 49.8 cm³/mol. The minimum absolute atomic E-state index is 0.0872. The van der Waals surface area contributed by atoms with Gasteiger partial charge < -0.3 is 10.4 Å². The summed E-state index contributed by atoms with van der Waals surface area (Å²) in [5.74, 6) is -3.89. The van der Waals surface area contributed by atoms with Crippen LogP contribution in [0.3, 0.4) is 0 Å². The molecular weight excluding hydrogens is 204 g/mol. The number of alkyl halides is 2. The lowest BCUT2D eigenvalue weighted by Crippen LogP contribution is -2.57. The van der Waals surface area contributed by atoms with Crippen LogP contribution >= 0.6 is 0 Å². The molecule has 0 radical (unpaired) electrons. The van der Waals surface area contributed by atoms with Crippen LogP contribution in [0.1, 0.15) is 25.7 Å². The van der Waals surface area contributed by atoms with Crippen LogP contribution in [0.5, 0.6) is 0 Å². The van der Waals surface area contributed by atoms with E-state index >= 15 is 0 Å². The Bertz CT molecular complexity index is 267. The Morgan fingerprint density at radius 3 is 2.20 bits per heavy atom. The average molecular weight is 219 g/mol. The topological polar surface area (TPSA) is 49.3 Å². The molecule has 2 aliphatic rings. The Hall–Kier alpha value is -0.710. The second-order valence-electron chi connectivity index (χ2n) is 4.70. The molecule has 1 saturated carbocycles. The maximum Gasteiger partial charge on any atom is 0.310 e. The molecule has 2 N–H and O–H groups in total. The summed E-state index contributed by atoms with van der Waals surface area (Å²) in [7, 11) is 0. The molecule has 0 bridgehead atoms. The normalized spacial score (nSPS) is 29.5. The van der Waals surface area contributed by atoms with Crippen molar-refractivity contribution in [1.82, 2.24) is 5.32 Å². The molecule has 0 atom stereocenters. The van der Waals surface area contributed by atoms with Crippen LogP contribution in [0.15, 0.2) is 0 Å². The quantitative estimate of drug-likeness (QED) is 0.739. The third-order valence-corrected chi connectivity index (χ3v) is 3.69. The van der Waals surface area contributed by atoms with Crippen LogP contribution in [0.4, 0.5) is 8.78 Å². The van der Waals surface area contributed by atoms with E-state index in [-0.39, 0.29) is 5.92 Å². The number of nitrogens with one attached hydrogen (secondary N) is 1. The van der Waals surface area contributed by atoms with Crippen molar-refractivity contribution in [2.24, 2.45) is 11.3 Å². The number of aliphatic carboxylic acids is 1. The van der Waals surface area contributed by atoms with E-state index in [1.165, 1.54) is 0 Å². The van der Waals surface area contributed by atoms with Gasteiger partial charge in [0.05, 0.1) is 5.41 Å². The molecule has 1 aliphatic carbocycles. The zero-order chi connectivity index (χ0) is 11.1. The van der Waals surface area contributed by atoms with Crippen molar-refractivity contribution < 1.29 is 18.7 Å². The second-order valence-corrected chi connectivity index (χ2v) is 4.70. The first-order valence-corrected chi connectivity index (χ1v) is 5.28. The smallest absolute Gasteiger partial charge is 0.310 e. The Kier molecular flexibility index (Phi) is 2.45. The van der Waals surface area contributed by atoms with E-state index in [9.17, 15) is 13.6 Å². The van der Waals surface area contributed by atoms with E-state index in [0.29, 0.717) is 12.8 Å². The Morgan fingerprint density at radius 2 is 1.80 bits per heavy atom. The summed E-state index contributed by atoms with van der Waals surface area (Å²) in [5.41, 5.74) is -1.15. The van der Waals surface area contributed by atoms with Crippen molar-refractivity contribution in [2.45, 2.75) is 31.6 Å². The third kappa shape index (κ3) is 1.73. The van der Waals surface area contributed by atoms with Crippen molar-refractivity contribution in [2.75, 3.05) is 13.1 Å². The lowest BCUT2D eigenvalue weighted by molar-refractivity contribution is -0.208. The fraction of sp³-hybridized carbons (Fsp3) is 0.900. The van der Waals surface area contributed by atoms with Crippen LogP contribution < -0.4 is 5.32 Å². The molecule has 0 amide bonds. The molecule has 0 spiro atoms. The molecule has 1 heterocycles. The first kappa shape index (κ1) is 10.8. The molecule has 1 saturated heterocycles.